The zero-order chi connectivity index (χ0) is 22.8. The van der Waals surface area contributed by atoms with Crippen LogP contribution < -0.4 is 5.32 Å². The van der Waals surface area contributed by atoms with Crippen LogP contribution in [-0.4, -0.2) is 55.0 Å². The highest BCUT2D eigenvalue weighted by atomic mass is 35.5. The van der Waals surface area contributed by atoms with Crippen molar-refractivity contribution < 1.29 is 22.8 Å². The molecule has 10 heteroatoms. The van der Waals surface area contributed by atoms with E-state index in [4.69, 9.17) is 11.6 Å². The highest BCUT2D eigenvalue weighted by Gasteiger charge is 2.41. The predicted molar refractivity (Wildman–Crippen MR) is 115 cm³/mol. The van der Waals surface area contributed by atoms with E-state index in [1.165, 1.54) is 30.1 Å². The van der Waals surface area contributed by atoms with Gasteiger partial charge in [-0.3, -0.25) is 14.4 Å². The van der Waals surface area contributed by atoms with Gasteiger partial charge in [-0.15, -0.1) is 0 Å². The van der Waals surface area contributed by atoms with E-state index in [9.17, 15) is 22.8 Å². The summed E-state index contributed by atoms with van der Waals surface area (Å²) in [6.45, 7) is 1.31. The number of nitrogens with zero attached hydrogens (tertiary/aromatic N) is 2. The van der Waals surface area contributed by atoms with Gasteiger partial charge in [0.1, 0.15) is 10.9 Å². The Kier molecular flexibility index (Phi) is 6.66. The summed E-state index contributed by atoms with van der Waals surface area (Å²) in [6, 6.07) is 12.0. The Balaban J connectivity index is 1.80. The summed E-state index contributed by atoms with van der Waals surface area (Å²) < 4.78 is 26.1. The average Bonchev–Trinajstić information content (AvgIpc) is 2.96. The number of rotatable bonds is 7. The lowest BCUT2D eigenvalue weighted by Gasteiger charge is -2.29. The third kappa shape index (κ3) is 4.42. The van der Waals surface area contributed by atoms with Crippen LogP contribution in [0.15, 0.2) is 53.4 Å². The monoisotopic (exact) mass is 463 g/mol. The minimum atomic E-state index is -4.01. The smallest absolute Gasteiger partial charge is 0.269 e. The molecule has 1 aliphatic rings. The third-order valence-corrected chi connectivity index (χ3v) is 7.36. The molecule has 31 heavy (non-hydrogen) atoms. The Labute approximate surface area is 185 Å². The van der Waals surface area contributed by atoms with Gasteiger partial charge in [0.25, 0.3) is 15.9 Å². The molecule has 0 aliphatic carbocycles. The van der Waals surface area contributed by atoms with E-state index in [1.807, 2.05) is 0 Å². The van der Waals surface area contributed by atoms with Gasteiger partial charge in [-0.2, -0.15) is 0 Å². The molecule has 164 valence electrons. The van der Waals surface area contributed by atoms with Crippen LogP contribution in [0, 0.1) is 0 Å². The molecule has 0 radical (unpaired) electrons. The van der Waals surface area contributed by atoms with Gasteiger partial charge >= 0.3 is 0 Å². The molecule has 0 spiro atoms. The van der Waals surface area contributed by atoms with Crippen LogP contribution in [0.3, 0.4) is 0 Å². The second-order valence-corrected chi connectivity index (χ2v) is 9.27. The van der Waals surface area contributed by atoms with Gasteiger partial charge in [0, 0.05) is 31.6 Å². The van der Waals surface area contributed by atoms with Crippen LogP contribution in [0.1, 0.15) is 29.3 Å². The summed E-state index contributed by atoms with van der Waals surface area (Å²) >= 11 is 6.21. The van der Waals surface area contributed by atoms with E-state index >= 15 is 0 Å². The lowest BCUT2D eigenvalue weighted by molar-refractivity contribution is -0.140. The number of halogens is 1. The van der Waals surface area contributed by atoms with Crippen LogP contribution in [-0.2, 0) is 26.2 Å². The quantitative estimate of drug-likeness (QED) is 0.676. The molecule has 0 fully saturated rings. The first-order chi connectivity index (χ1) is 14.7. The van der Waals surface area contributed by atoms with E-state index in [0.29, 0.717) is 14.9 Å². The van der Waals surface area contributed by atoms with Crippen molar-refractivity contribution in [3.05, 3.63) is 64.7 Å². The van der Waals surface area contributed by atoms with Crippen molar-refractivity contribution >= 4 is 39.3 Å². The number of nitrogens with one attached hydrogen (secondary N) is 1. The van der Waals surface area contributed by atoms with Crippen LogP contribution in [0.2, 0.25) is 5.02 Å². The first-order valence-electron chi connectivity index (χ1n) is 9.59. The molecule has 1 heterocycles. The average molecular weight is 464 g/mol. The summed E-state index contributed by atoms with van der Waals surface area (Å²) in [6.07, 6.45) is -0.273. The maximum Gasteiger partial charge on any atom is 0.269 e. The van der Waals surface area contributed by atoms with Crippen molar-refractivity contribution in [3.63, 3.8) is 0 Å². The molecule has 1 aliphatic heterocycles. The van der Waals surface area contributed by atoms with E-state index in [1.54, 1.807) is 37.3 Å². The van der Waals surface area contributed by atoms with Crippen LogP contribution in [0.25, 0.3) is 0 Å². The molecule has 1 atom stereocenters. The Morgan fingerprint density at radius 3 is 2.42 bits per heavy atom. The molecule has 1 unspecified atom stereocenters. The summed E-state index contributed by atoms with van der Waals surface area (Å²) in [5, 5.41) is 2.95. The van der Waals surface area contributed by atoms with Crippen LogP contribution in [0.4, 0.5) is 0 Å². The number of fused-ring (bicyclic) bond motifs is 1. The molecular formula is C21H22ClN3O5S. The van der Waals surface area contributed by atoms with E-state index in [0.717, 1.165) is 0 Å². The van der Waals surface area contributed by atoms with Gasteiger partial charge in [0.15, 0.2) is 0 Å². The van der Waals surface area contributed by atoms with Gasteiger partial charge in [0.2, 0.25) is 11.8 Å². The number of hydrogen-bond acceptors (Lipinski definition) is 5. The van der Waals surface area contributed by atoms with Crippen molar-refractivity contribution in [2.24, 2.45) is 0 Å². The second kappa shape index (κ2) is 9.07. The lowest BCUT2D eigenvalue weighted by atomic mass is 10.1. The number of carbonyl (C=O) groups is 3. The minimum absolute atomic E-state index is 0.0635. The van der Waals surface area contributed by atoms with E-state index in [2.05, 4.69) is 5.32 Å². The van der Waals surface area contributed by atoms with E-state index in [-0.39, 0.29) is 35.9 Å². The van der Waals surface area contributed by atoms with Gasteiger partial charge in [-0.25, -0.2) is 12.7 Å². The fraction of sp³-hybridized carbons (Fsp3) is 0.286. The van der Waals surface area contributed by atoms with Crippen molar-refractivity contribution in [2.45, 2.75) is 30.8 Å². The largest absolute Gasteiger partial charge is 0.357 e. The Bertz CT molecular complexity index is 1140. The fourth-order valence-corrected chi connectivity index (χ4v) is 5.16. The number of likely N-dealkylation sites (N-methyl/N-ethyl adjacent to an activating group) is 1. The number of amides is 3. The minimum Gasteiger partial charge on any atom is -0.357 e. The van der Waals surface area contributed by atoms with Crippen molar-refractivity contribution in [2.75, 3.05) is 13.6 Å². The first-order valence-corrected chi connectivity index (χ1v) is 11.4. The van der Waals surface area contributed by atoms with E-state index < -0.39 is 27.9 Å². The molecule has 0 saturated heterocycles. The molecule has 2 aromatic carbocycles. The second-order valence-electron chi connectivity index (χ2n) is 7.03. The summed E-state index contributed by atoms with van der Waals surface area (Å²) in [5.74, 6) is -1.52. The highest BCUT2D eigenvalue weighted by molar-refractivity contribution is 7.90. The highest BCUT2D eigenvalue weighted by Crippen LogP contribution is 2.30. The molecular weight excluding hydrogens is 442 g/mol. The summed E-state index contributed by atoms with van der Waals surface area (Å²) in [5.41, 5.74) is 0.729. The van der Waals surface area contributed by atoms with Crippen LogP contribution in [0.5, 0.6) is 0 Å². The van der Waals surface area contributed by atoms with Crippen molar-refractivity contribution in [3.8, 4) is 0 Å². The van der Waals surface area contributed by atoms with Crippen molar-refractivity contribution in [1.29, 1.82) is 0 Å². The number of sulfonamides is 1. The summed E-state index contributed by atoms with van der Waals surface area (Å²) in [7, 11) is -2.55. The van der Waals surface area contributed by atoms with Gasteiger partial charge in [-0.1, -0.05) is 41.9 Å². The van der Waals surface area contributed by atoms with Crippen molar-refractivity contribution in [1.82, 2.24) is 14.5 Å². The molecule has 3 rings (SSSR count). The molecule has 3 amide bonds. The summed E-state index contributed by atoms with van der Waals surface area (Å²) in [4.78, 5) is 39.0. The topological polar surface area (TPSA) is 104 Å². The molecule has 0 aromatic heterocycles. The zero-order valence-corrected chi connectivity index (χ0v) is 18.6. The zero-order valence-electron chi connectivity index (χ0n) is 17.0. The standard InChI is InChI=1S/C21H22ClN3O5S/c1-14(20(27)23-2)24(13-15-7-3-5-9-17(15)22)19(26)11-12-25-21(28)16-8-4-6-10-18(16)31(25,29)30/h3-10,14H,11-13H2,1-2H3,(H,23,27). The normalized spacial score (nSPS) is 15.3. The molecule has 0 bridgehead atoms. The Hall–Kier alpha value is -2.91. The molecule has 1 N–H and O–H groups in total. The number of carbonyl (C=O) groups excluding carboxylic acids is 3. The Morgan fingerprint density at radius 1 is 1.13 bits per heavy atom. The molecule has 2 aromatic rings. The molecule has 8 nitrogen and oxygen atoms in total. The first kappa shape index (κ1) is 22.8. The SMILES string of the molecule is CNC(=O)C(C)N(Cc1ccccc1Cl)C(=O)CCN1C(=O)c2ccccc2S1(=O)=O. The number of hydrogen-bond donors (Lipinski definition) is 1. The lowest BCUT2D eigenvalue weighted by Crippen LogP contribution is -2.47. The fourth-order valence-electron chi connectivity index (χ4n) is 3.39. The van der Waals surface area contributed by atoms with Gasteiger partial charge in [0.05, 0.1) is 5.56 Å². The Morgan fingerprint density at radius 2 is 1.77 bits per heavy atom. The maximum absolute atomic E-state index is 13.0. The number of benzene rings is 2. The maximum atomic E-state index is 13.0. The predicted octanol–water partition coefficient (Wildman–Crippen LogP) is 2.04. The van der Waals surface area contributed by atoms with Crippen LogP contribution >= 0.6 is 11.6 Å². The van der Waals surface area contributed by atoms with Gasteiger partial charge < -0.3 is 10.2 Å². The third-order valence-electron chi connectivity index (χ3n) is 5.15. The van der Waals surface area contributed by atoms with Gasteiger partial charge in [-0.05, 0) is 30.7 Å². The molecule has 0 saturated carbocycles.